The number of halogens is 2. The summed E-state index contributed by atoms with van der Waals surface area (Å²) in [4.78, 5) is 0. The van der Waals surface area contributed by atoms with Crippen LogP contribution in [-0.2, 0) is 17.7 Å². The molecule has 2 atom stereocenters. The normalized spacial score (nSPS) is 17.3. The molecular formula is C57H47Cl2SiZr. The fraction of sp³-hybridized carbons (Fsp3) is 0.123. The first-order valence-corrected chi connectivity index (χ1v) is 38.3. The van der Waals surface area contributed by atoms with Gasteiger partial charge >= 0.3 is 368 Å². The molecule has 0 saturated heterocycles. The average molecular weight is 922 g/mol. The zero-order valence-corrected chi connectivity index (χ0v) is 40.5. The Labute approximate surface area is 364 Å². The molecule has 9 aromatic rings. The summed E-state index contributed by atoms with van der Waals surface area (Å²) >= 11 is -5.95. The molecule has 0 heterocycles. The van der Waals surface area contributed by atoms with Gasteiger partial charge in [-0.25, -0.2) is 0 Å². The first-order chi connectivity index (χ1) is 29.3. The molecule has 9 aromatic carbocycles. The summed E-state index contributed by atoms with van der Waals surface area (Å²) in [6.07, 6.45) is 4.88. The summed E-state index contributed by atoms with van der Waals surface area (Å²) in [7, 11) is 18.4. The second-order valence-corrected chi connectivity index (χ2v) is 65.6. The van der Waals surface area contributed by atoms with E-state index in [1.54, 1.807) is 0 Å². The van der Waals surface area contributed by atoms with E-state index in [4.69, 9.17) is 0 Å². The number of rotatable bonds is 6. The number of benzene rings is 9. The van der Waals surface area contributed by atoms with Crippen LogP contribution in [0.5, 0.6) is 0 Å². The molecule has 0 spiro atoms. The van der Waals surface area contributed by atoms with Gasteiger partial charge in [-0.05, 0) is 0 Å². The van der Waals surface area contributed by atoms with Gasteiger partial charge in [-0.1, -0.05) is 0 Å². The zero-order chi connectivity index (χ0) is 41.9. The predicted molar refractivity (Wildman–Crippen MR) is 266 cm³/mol. The molecule has 4 heteroatoms. The summed E-state index contributed by atoms with van der Waals surface area (Å²) in [5.41, 5.74) is 16.3. The van der Waals surface area contributed by atoms with E-state index < -0.39 is 13.5 Å². The van der Waals surface area contributed by atoms with Crippen molar-refractivity contribution in [1.82, 2.24) is 0 Å². The monoisotopic (exact) mass is 919 g/mol. The van der Waals surface area contributed by atoms with Gasteiger partial charge in [0.1, 0.15) is 0 Å². The van der Waals surface area contributed by atoms with Crippen molar-refractivity contribution in [1.29, 1.82) is 0 Å². The third-order valence-corrected chi connectivity index (χ3v) is 42.2. The molecule has 0 radical (unpaired) electrons. The predicted octanol–water partition coefficient (Wildman–Crippen LogP) is 16.1. The van der Waals surface area contributed by atoms with Crippen molar-refractivity contribution >= 4 is 79.1 Å². The van der Waals surface area contributed by atoms with Crippen LogP contribution in [0.3, 0.4) is 0 Å². The van der Waals surface area contributed by atoms with Crippen LogP contribution >= 0.6 is 17.0 Å². The quantitative estimate of drug-likeness (QED) is 0.115. The Morgan fingerprint density at radius 2 is 0.820 bits per heavy atom. The molecule has 297 valence electrons. The van der Waals surface area contributed by atoms with Crippen LogP contribution in [0, 0.1) is 13.8 Å². The van der Waals surface area contributed by atoms with E-state index in [0.717, 1.165) is 0 Å². The first-order valence-electron chi connectivity index (χ1n) is 21.5. The first kappa shape index (κ1) is 39.1. The number of fused-ring (bicyclic) bond motifs is 6. The molecule has 11 rings (SSSR count). The van der Waals surface area contributed by atoms with Crippen LogP contribution in [0.1, 0.15) is 60.0 Å². The van der Waals surface area contributed by atoms with Gasteiger partial charge in [-0.3, -0.25) is 0 Å². The molecule has 0 fully saturated rings. The van der Waals surface area contributed by atoms with Crippen molar-refractivity contribution in [3.63, 3.8) is 0 Å². The molecule has 2 unspecified atom stereocenters. The molecule has 0 aromatic heterocycles. The van der Waals surface area contributed by atoms with Crippen molar-refractivity contribution in [3.05, 3.63) is 214 Å². The SMILES string of the molecule is CC1=Cc2c(-c3cccc4cc5ccccc5cc34)ccc(C)c2[CH]1[Zr](=[SiH2])([Cl])([Cl])([CH2]c1ccccc1)[CH]1C(C)=Cc2c(-c3cccc4cc5ccccc5cc34)ccc(C)c21. The second kappa shape index (κ2) is 13.6. The van der Waals surface area contributed by atoms with Crippen molar-refractivity contribution in [2.75, 3.05) is 0 Å². The van der Waals surface area contributed by atoms with Crippen LogP contribution in [0.15, 0.2) is 175 Å². The van der Waals surface area contributed by atoms with Crippen LogP contribution in [0.2, 0.25) is 0 Å². The number of hydrogen-bond donors (Lipinski definition) is 0. The van der Waals surface area contributed by atoms with Gasteiger partial charge < -0.3 is 0 Å². The summed E-state index contributed by atoms with van der Waals surface area (Å²) in [5, 5.41) is 10.00. The van der Waals surface area contributed by atoms with E-state index in [1.807, 2.05) is 6.88 Å². The van der Waals surface area contributed by atoms with Crippen molar-refractivity contribution in [2.24, 2.45) is 0 Å². The standard InChI is InChI=1S/2C25H19.C7H7.2ClH.H2Si.Zr/c2*1-16-12-23-17(2)10-11-22(25(23)13-16)21-9-5-8-20-14-18-6-3-4-7-19(18)15-24(20)21;1-7-5-3-2-4-6-7;;;;/h2*3-15H,1-2H3;2-6H,1H2;2*1H;1H2;/q;;;;;;+2/p-2. The molecule has 0 aliphatic heterocycles. The Hall–Kier alpha value is -4.82. The van der Waals surface area contributed by atoms with E-state index in [1.165, 1.54) is 115 Å². The molecule has 2 aliphatic rings. The Morgan fingerprint density at radius 1 is 0.426 bits per heavy atom. The molecule has 0 nitrogen and oxygen atoms in total. The maximum atomic E-state index is 9.20. The maximum absolute atomic E-state index is 9.20. The number of allylic oxidation sites excluding steroid dienone is 2. The van der Waals surface area contributed by atoms with Crippen molar-refractivity contribution < 1.29 is 13.5 Å². The minimum atomic E-state index is -5.95. The number of hydrogen-bond acceptors (Lipinski definition) is 0. The van der Waals surface area contributed by atoms with Gasteiger partial charge in [0, 0.05) is 0 Å². The van der Waals surface area contributed by atoms with Gasteiger partial charge in [0.2, 0.25) is 0 Å². The summed E-state index contributed by atoms with van der Waals surface area (Å²) in [6.45, 7) is 11.2. The average Bonchev–Trinajstić information content (AvgIpc) is 3.82. The van der Waals surface area contributed by atoms with Gasteiger partial charge in [-0.2, -0.15) is 0 Å². The van der Waals surface area contributed by atoms with E-state index >= 15 is 0 Å². The summed E-state index contributed by atoms with van der Waals surface area (Å²) in [6, 6.07) is 60.4. The van der Waals surface area contributed by atoms with E-state index in [-0.39, 0.29) is 7.25 Å². The van der Waals surface area contributed by atoms with Gasteiger partial charge in [0.15, 0.2) is 0 Å². The van der Waals surface area contributed by atoms with Crippen LogP contribution < -0.4 is 0 Å². The molecular weight excluding hydrogens is 875 g/mol. The third kappa shape index (κ3) is 5.93. The van der Waals surface area contributed by atoms with Crippen LogP contribution in [0.4, 0.5) is 0 Å². The molecule has 61 heavy (non-hydrogen) atoms. The summed E-state index contributed by atoms with van der Waals surface area (Å²) in [5.74, 6) is 0. The fourth-order valence-electron chi connectivity index (χ4n) is 12.1. The molecule has 0 amide bonds. The van der Waals surface area contributed by atoms with Crippen LogP contribution in [0.25, 0.3) is 77.5 Å². The summed E-state index contributed by atoms with van der Waals surface area (Å²) < 4.78 is 0.363. The molecule has 0 bridgehead atoms. The van der Waals surface area contributed by atoms with E-state index in [9.17, 15) is 17.0 Å². The Balaban J connectivity index is 1.16. The molecule has 0 saturated carbocycles. The Morgan fingerprint density at radius 3 is 1.26 bits per heavy atom. The minimum absolute atomic E-state index is 0.139. The fourth-order valence-corrected chi connectivity index (χ4v) is 45.8. The van der Waals surface area contributed by atoms with Crippen molar-refractivity contribution in [3.8, 4) is 22.3 Å². The molecule has 2 aliphatic carbocycles. The third-order valence-electron chi connectivity index (χ3n) is 14.4. The number of aryl methyl sites for hydroxylation is 2. The van der Waals surface area contributed by atoms with Crippen LogP contribution in [-0.4, -0.2) is 6.88 Å². The zero-order valence-electron chi connectivity index (χ0n) is 35.1. The van der Waals surface area contributed by atoms with Gasteiger partial charge in [0.25, 0.3) is 0 Å². The topological polar surface area (TPSA) is 0 Å². The molecule has 0 N–H and O–H groups in total. The Kier molecular flexibility index (Phi) is 8.70. The Bertz CT molecular complexity index is 3330. The van der Waals surface area contributed by atoms with Gasteiger partial charge in [-0.15, -0.1) is 0 Å². The van der Waals surface area contributed by atoms with Gasteiger partial charge in [0.05, 0.1) is 0 Å². The second-order valence-electron chi connectivity index (χ2n) is 18.5. The van der Waals surface area contributed by atoms with E-state index in [2.05, 4.69) is 204 Å². The van der Waals surface area contributed by atoms with Crippen molar-refractivity contribution in [2.45, 2.75) is 39.1 Å². The van der Waals surface area contributed by atoms with E-state index in [0.29, 0.717) is 4.13 Å².